The molecule has 10 nitrogen and oxygen atoms in total. The van der Waals surface area contributed by atoms with Gasteiger partial charge in [-0.15, -0.1) is 9.19 Å². The van der Waals surface area contributed by atoms with Gasteiger partial charge in [-0.05, 0) is 36.4 Å². The molecule has 0 saturated heterocycles. The van der Waals surface area contributed by atoms with Gasteiger partial charge in [0.2, 0.25) is 5.88 Å². The van der Waals surface area contributed by atoms with Crippen molar-refractivity contribution < 1.29 is 22.9 Å². The van der Waals surface area contributed by atoms with Gasteiger partial charge in [-0.25, -0.2) is 4.79 Å². The Morgan fingerprint density at radius 1 is 1.14 bits per heavy atom. The standard InChI is InChI=1S/C16H11ClN4O6S/c17-11-3-7-13(8-4-11)28(25,26)20-14(18)9-15(19-20)27-16(22)10-1-5-12(6-2-10)21(23)24/h1-9H,18H2. The number of hydrogen-bond acceptors (Lipinski definition) is 8. The molecule has 0 saturated carbocycles. The van der Waals surface area contributed by atoms with Gasteiger partial charge >= 0.3 is 5.97 Å². The number of halogens is 1. The summed E-state index contributed by atoms with van der Waals surface area (Å²) in [4.78, 5) is 22.0. The van der Waals surface area contributed by atoms with Crippen molar-refractivity contribution in [3.63, 3.8) is 0 Å². The van der Waals surface area contributed by atoms with E-state index in [1.165, 1.54) is 36.4 Å². The van der Waals surface area contributed by atoms with E-state index in [2.05, 4.69) is 5.10 Å². The smallest absolute Gasteiger partial charge is 0.344 e. The van der Waals surface area contributed by atoms with Crippen LogP contribution in [0.5, 0.6) is 5.88 Å². The summed E-state index contributed by atoms with van der Waals surface area (Å²) >= 11 is 5.75. The fourth-order valence-electron chi connectivity index (χ4n) is 2.18. The zero-order valence-corrected chi connectivity index (χ0v) is 15.4. The van der Waals surface area contributed by atoms with Crippen LogP contribution in [0.25, 0.3) is 0 Å². The Labute approximate surface area is 163 Å². The summed E-state index contributed by atoms with van der Waals surface area (Å²) in [5, 5.41) is 14.7. The van der Waals surface area contributed by atoms with Gasteiger partial charge in [-0.1, -0.05) is 11.6 Å². The molecule has 2 N–H and O–H groups in total. The number of anilines is 1. The molecule has 0 amide bonds. The largest absolute Gasteiger partial charge is 0.402 e. The highest BCUT2D eigenvalue weighted by Crippen LogP contribution is 2.23. The van der Waals surface area contributed by atoms with Crippen molar-refractivity contribution in [1.82, 2.24) is 9.19 Å². The average molecular weight is 423 g/mol. The fraction of sp³-hybridized carbons (Fsp3) is 0. The van der Waals surface area contributed by atoms with Crippen LogP contribution in [0, 0.1) is 10.1 Å². The van der Waals surface area contributed by atoms with Gasteiger partial charge in [0, 0.05) is 23.2 Å². The van der Waals surface area contributed by atoms with Crippen LogP contribution >= 0.6 is 11.6 Å². The fourth-order valence-corrected chi connectivity index (χ4v) is 3.50. The van der Waals surface area contributed by atoms with Gasteiger partial charge in [0.25, 0.3) is 15.7 Å². The molecule has 0 aliphatic rings. The summed E-state index contributed by atoms with van der Waals surface area (Å²) < 4.78 is 30.7. The van der Waals surface area contributed by atoms with Crippen molar-refractivity contribution in [1.29, 1.82) is 0 Å². The van der Waals surface area contributed by atoms with Crippen LogP contribution in [0.3, 0.4) is 0 Å². The number of hydrogen-bond donors (Lipinski definition) is 1. The molecular formula is C16H11ClN4O6S. The molecule has 1 heterocycles. The van der Waals surface area contributed by atoms with Gasteiger partial charge in [-0.2, -0.15) is 8.42 Å². The minimum Gasteiger partial charge on any atom is -0.402 e. The number of nitro groups is 1. The quantitative estimate of drug-likeness (QED) is 0.374. The van der Waals surface area contributed by atoms with E-state index in [0.29, 0.717) is 9.11 Å². The van der Waals surface area contributed by atoms with Gasteiger partial charge in [0.15, 0.2) is 0 Å². The van der Waals surface area contributed by atoms with Crippen molar-refractivity contribution >= 4 is 39.1 Å². The SMILES string of the molecule is Nc1cc(OC(=O)c2ccc([N+](=O)[O-])cc2)nn1S(=O)(=O)c1ccc(Cl)cc1. The Bertz CT molecular complexity index is 1160. The highest BCUT2D eigenvalue weighted by Gasteiger charge is 2.23. The van der Waals surface area contributed by atoms with E-state index in [1.54, 1.807) is 0 Å². The van der Waals surface area contributed by atoms with Gasteiger partial charge < -0.3 is 10.5 Å². The first-order valence-corrected chi connectivity index (χ1v) is 9.33. The van der Waals surface area contributed by atoms with Crippen LogP contribution in [0.15, 0.2) is 59.5 Å². The van der Waals surface area contributed by atoms with Crippen LogP contribution < -0.4 is 10.5 Å². The minimum absolute atomic E-state index is 0.0132. The zero-order chi connectivity index (χ0) is 20.5. The van der Waals surface area contributed by atoms with Crippen LogP contribution in [-0.2, 0) is 10.0 Å². The maximum Gasteiger partial charge on any atom is 0.344 e. The monoisotopic (exact) mass is 422 g/mol. The maximum absolute atomic E-state index is 12.6. The highest BCUT2D eigenvalue weighted by atomic mass is 35.5. The first kappa shape index (κ1) is 19.3. The van der Waals surface area contributed by atoms with Crippen molar-refractivity contribution in [2.24, 2.45) is 0 Å². The Balaban J connectivity index is 1.84. The Morgan fingerprint density at radius 2 is 1.75 bits per heavy atom. The number of ether oxygens (including phenoxy) is 1. The normalized spacial score (nSPS) is 11.2. The number of nitrogens with two attached hydrogens (primary N) is 1. The van der Waals surface area contributed by atoms with Gasteiger partial charge in [0.1, 0.15) is 5.82 Å². The number of nitro benzene ring substituents is 1. The lowest BCUT2D eigenvalue weighted by Crippen LogP contribution is -2.17. The number of nitrogen functional groups attached to an aromatic ring is 1. The number of carbonyl (C=O) groups is 1. The third-order valence-electron chi connectivity index (χ3n) is 3.53. The van der Waals surface area contributed by atoms with Crippen molar-refractivity contribution in [3.8, 4) is 5.88 Å². The molecule has 0 unspecified atom stereocenters. The Morgan fingerprint density at radius 3 is 2.32 bits per heavy atom. The number of aromatic nitrogens is 2. The van der Waals surface area contributed by atoms with Gasteiger partial charge in [-0.3, -0.25) is 10.1 Å². The molecule has 0 fully saturated rings. The summed E-state index contributed by atoms with van der Waals surface area (Å²) in [6.45, 7) is 0. The summed E-state index contributed by atoms with van der Waals surface area (Å²) in [6, 6.07) is 11.1. The predicted molar refractivity (Wildman–Crippen MR) is 98.7 cm³/mol. The Hall–Kier alpha value is -3.44. The molecule has 1 aromatic heterocycles. The van der Waals surface area contributed by atoms with Crippen molar-refractivity contribution in [2.45, 2.75) is 4.90 Å². The first-order chi connectivity index (χ1) is 13.2. The summed E-state index contributed by atoms with van der Waals surface area (Å²) in [5.41, 5.74) is 5.51. The maximum atomic E-state index is 12.6. The van der Waals surface area contributed by atoms with E-state index in [9.17, 15) is 23.3 Å². The summed E-state index contributed by atoms with van der Waals surface area (Å²) in [6.07, 6.45) is 0. The Kier molecular flexibility index (Phi) is 5.03. The molecule has 0 bridgehead atoms. The van der Waals surface area contributed by atoms with E-state index >= 15 is 0 Å². The van der Waals surface area contributed by atoms with E-state index in [-0.39, 0.29) is 27.8 Å². The molecule has 2 aromatic carbocycles. The predicted octanol–water partition coefficient (Wildman–Crippen LogP) is 2.48. The third-order valence-corrected chi connectivity index (χ3v) is 5.40. The van der Waals surface area contributed by atoms with Crippen molar-refractivity contribution in [3.05, 3.63) is 75.3 Å². The molecule has 0 aliphatic carbocycles. The van der Waals surface area contributed by atoms with Crippen LogP contribution in [0.1, 0.15) is 10.4 Å². The first-order valence-electron chi connectivity index (χ1n) is 7.52. The van der Waals surface area contributed by atoms with Crippen molar-refractivity contribution in [2.75, 3.05) is 5.73 Å². The van der Waals surface area contributed by atoms with Gasteiger partial charge in [0.05, 0.1) is 15.4 Å². The number of non-ortho nitro benzene ring substituents is 1. The second kappa shape index (κ2) is 7.29. The number of carbonyl (C=O) groups excluding carboxylic acids is 1. The second-order valence-corrected chi connectivity index (χ2v) is 7.61. The molecule has 12 heteroatoms. The summed E-state index contributed by atoms with van der Waals surface area (Å²) in [5.74, 6) is -1.51. The topological polar surface area (TPSA) is 147 Å². The lowest BCUT2D eigenvalue weighted by Gasteiger charge is -2.06. The number of nitrogens with zero attached hydrogens (tertiary/aromatic N) is 3. The van der Waals surface area contributed by atoms with Crippen LogP contribution in [0.2, 0.25) is 5.02 Å². The average Bonchev–Trinajstić information content (AvgIpc) is 3.03. The van der Waals surface area contributed by atoms with E-state index in [0.717, 1.165) is 18.2 Å². The molecule has 0 radical (unpaired) electrons. The molecule has 0 atom stereocenters. The molecule has 3 aromatic rings. The van der Waals surface area contributed by atoms with Crippen LogP contribution in [-0.4, -0.2) is 28.5 Å². The second-order valence-electron chi connectivity index (χ2n) is 5.40. The summed E-state index contributed by atoms with van der Waals surface area (Å²) in [7, 11) is -4.13. The molecule has 0 aliphatic heterocycles. The lowest BCUT2D eigenvalue weighted by molar-refractivity contribution is -0.384. The number of benzene rings is 2. The van der Waals surface area contributed by atoms with E-state index in [1.807, 2.05) is 0 Å². The minimum atomic E-state index is -4.13. The van der Waals surface area contributed by atoms with E-state index < -0.39 is 20.9 Å². The lowest BCUT2D eigenvalue weighted by atomic mass is 10.2. The molecule has 28 heavy (non-hydrogen) atoms. The highest BCUT2D eigenvalue weighted by molar-refractivity contribution is 7.90. The molecule has 3 rings (SSSR count). The third kappa shape index (κ3) is 3.80. The zero-order valence-electron chi connectivity index (χ0n) is 13.9. The molecule has 0 spiro atoms. The number of esters is 1. The molecular weight excluding hydrogens is 412 g/mol. The number of rotatable bonds is 5. The van der Waals surface area contributed by atoms with E-state index in [4.69, 9.17) is 22.1 Å². The van der Waals surface area contributed by atoms with Crippen LogP contribution in [0.4, 0.5) is 11.5 Å². The molecule has 144 valence electrons.